The summed E-state index contributed by atoms with van der Waals surface area (Å²) in [5, 5.41) is 10.9. The van der Waals surface area contributed by atoms with Crippen LogP contribution in [0, 0.1) is 0 Å². The molecule has 1 atom stereocenters. The molecule has 0 aliphatic carbocycles. The lowest BCUT2D eigenvalue weighted by molar-refractivity contribution is -0.139. The zero-order valence-electron chi connectivity index (χ0n) is 8.28. The van der Waals surface area contributed by atoms with Crippen molar-refractivity contribution in [3.63, 3.8) is 0 Å². The van der Waals surface area contributed by atoms with E-state index >= 15 is 0 Å². The molecule has 0 unspecified atom stereocenters. The topological polar surface area (TPSA) is 75.6 Å². The minimum Gasteiger partial charge on any atom is -0.480 e. The van der Waals surface area contributed by atoms with Crippen LogP contribution in [-0.4, -0.2) is 29.8 Å². The quantitative estimate of drug-likeness (QED) is 0.742. The zero-order chi connectivity index (χ0) is 10.3. The maximum atomic E-state index is 10.8. The number of aliphatic carboxylic acids is 1. The van der Waals surface area contributed by atoms with Crippen molar-refractivity contribution in [2.75, 3.05) is 6.61 Å². The lowest BCUT2D eigenvalue weighted by Crippen LogP contribution is -2.40. The molecule has 0 saturated heterocycles. The van der Waals surface area contributed by atoms with Gasteiger partial charge in [0.05, 0.1) is 6.61 Å². The van der Waals surface area contributed by atoms with Gasteiger partial charge in [0.2, 0.25) is 0 Å². The maximum Gasteiger partial charge on any atom is 0.407 e. The highest BCUT2D eigenvalue weighted by Crippen LogP contribution is 1.97. The average molecular weight is 226 g/mol. The van der Waals surface area contributed by atoms with Gasteiger partial charge in [-0.15, -0.1) is 12.4 Å². The number of carboxylic acid groups (broad SMARTS) is 1. The summed E-state index contributed by atoms with van der Waals surface area (Å²) >= 11 is 0. The fourth-order valence-corrected chi connectivity index (χ4v) is 0.861. The van der Waals surface area contributed by atoms with E-state index in [1.807, 2.05) is 6.92 Å². The Bertz CT molecular complexity index is 186. The Morgan fingerprint density at radius 2 is 2.00 bits per heavy atom. The van der Waals surface area contributed by atoms with Gasteiger partial charge in [-0.1, -0.05) is 13.3 Å². The number of rotatable bonds is 5. The van der Waals surface area contributed by atoms with Crippen molar-refractivity contribution in [1.29, 1.82) is 0 Å². The van der Waals surface area contributed by atoms with Gasteiger partial charge in [0.15, 0.2) is 0 Å². The van der Waals surface area contributed by atoms with Crippen molar-refractivity contribution in [3.8, 4) is 0 Å². The summed E-state index contributed by atoms with van der Waals surface area (Å²) in [5.74, 6) is -1.03. The van der Waals surface area contributed by atoms with Gasteiger partial charge < -0.3 is 15.2 Å². The van der Waals surface area contributed by atoms with Crippen LogP contribution in [0.5, 0.6) is 0 Å². The number of alkyl carbamates (subject to hydrolysis) is 1. The fraction of sp³-hybridized carbons (Fsp3) is 0.750. The molecule has 0 bridgehead atoms. The fourth-order valence-electron chi connectivity index (χ4n) is 0.861. The monoisotopic (exact) mass is 225 g/mol. The largest absolute Gasteiger partial charge is 0.480 e. The lowest BCUT2D eigenvalue weighted by atomic mass is 10.2. The summed E-state index contributed by atoms with van der Waals surface area (Å²) in [6.07, 6.45) is 0.431. The first-order chi connectivity index (χ1) is 6.11. The molecule has 6 heteroatoms. The number of carbonyl (C=O) groups is 2. The van der Waals surface area contributed by atoms with Crippen molar-refractivity contribution in [2.45, 2.75) is 32.7 Å². The van der Waals surface area contributed by atoms with E-state index in [0.29, 0.717) is 12.8 Å². The maximum absolute atomic E-state index is 10.8. The van der Waals surface area contributed by atoms with Crippen LogP contribution in [0.4, 0.5) is 4.79 Å². The van der Waals surface area contributed by atoms with Gasteiger partial charge in [0.1, 0.15) is 6.04 Å². The summed E-state index contributed by atoms with van der Waals surface area (Å²) in [6, 6.07) is -0.843. The molecule has 0 fully saturated rings. The second-order valence-electron chi connectivity index (χ2n) is 2.54. The first-order valence-corrected chi connectivity index (χ1v) is 4.27. The zero-order valence-corrected chi connectivity index (χ0v) is 9.10. The van der Waals surface area contributed by atoms with Crippen molar-refractivity contribution in [1.82, 2.24) is 5.32 Å². The summed E-state index contributed by atoms with van der Waals surface area (Å²) in [4.78, 5) is 21.4. The van der Waals surface area contributed by atoms with Crippen molar-refractivity contribution in [2.24, 2.45) is 0 Å². The van der Waals surface area contributed by atoms with Crippen LogP contribution in [-0.2, 0) is 9.53 Å². The normalized spacial score (nSPS) is 11.0. The van der Waals surface area contributed by atoms with Crippen LogP contribution in [0.1, 0.15) is 26.7 Å². The van der Waals surface area contributed by atoms with Crippen molar-refractivity contribution in [3.05, 3.63) is 0 Å². The molecule has 0 aromatic rings. The molecule has 0 aromatic carbocycles. The van der Waals surface area contributed by atoms with Crippen LogP contribution < -0.4 is 5.32 Å². The number of nitrogens with one attached hydrogen (secondary N) is 1. The molecule has 0 aliphatic heterocycles. The molecule has 2 N–H and O–H groups in total. The van der Waals surface area contributed by atoms with E-state index < -0.39 is 18.1 Å². The Morgan fingerprint density at radius 1 is 1.43 bits per heavy atom. The number of carbonyl (C=O) groups excluding carboxylic acids is 1. The van der Waals surface area contributed by atoms with Gasteiger partial charge in [-0.25, -0.2) is 9.59 Å². The summed E-state index contributed by atoms with van der Waals surface area (Å²) < 4.78 is 4.56. The second-order valence-corrected chi connectivity index (χ2v) is 2.54. The summed E-state index contributed by atoms with van der Waals surface area (Å²) in [6.45, 7) is 3.75. The van der Waals surface area contributed by atoms with Crippen LogP contribution in [0.2, 0.25) is 0 Å². The Balaban J connectivity index is 0. The van der Waals surface area contributed by atoms with Crippen LogP contribution in [0.15, 0.2) is 0 Å². The van der Waals surface area contributed by atoms with Crippen LogP contribution in [0.3, 0.4) is 0 Å². The lowest BCUT2D eigenvalue weighted by Gasteiger charge is -2.12. The van der Waals surface area contributed by atoms with Gasteiger partial charge >= 0.3 is 12.1 Å². The third-order valence-corrected chi connectivity index (χ3v) is 1.44. The Morgan fingerprint density at radius 3 is 2.36 bits per heavy atom. The number of carboxylic acids is 1. The second kappa shape index (κ2) is 8.62. The highest BCUT2D eigenvalue weighted by atomic mass is 35.5. The van der Waals surface area contributed by atoms with Crippen molar-refractivity contribution >= 4 is 24.5 Å². The minimum absolute atomic E-state index is 0. The van der Waals surface area contributed by atoms with Gasteiger partial charge in [0, 0.05) is 0 Å². The number of hydrogen-bond donors (Lipinski definition) is 2. The standard InChI is InChI=1S/C8H15NO4.ClH/c1-3-5-6(7(10)11)9-8(12)13-4-2;/h6H,3-5H2,1-2H3,(H,9,12)(H,10,11);1H/t6-;/m0./s1. The number of amides is 1. The number of halogens is 1. The molecule has 84 valence electrons. The van der Waals surface area contributed by atoms with Gasteiger partial charge in [-0.05, 0) is 13.3 Å². The molecular formula is C8H16ClNO4. The van der Waals surface area contributed by atoms with Crippen LogP contribution >= 0.6 is 12.4 Å². The SMILES string of the molecule is CCC[C@H](NC(=O)OCC)C(=O)O.Cl. The van der Waals surface area contributed by atoms with Crippen LogP contribution in [0.25, 0.3) is 0 Å². The van der Waals surface area contributed by atoms with E-state index in [1.54, 1.807) is 6.92 Å². The molecule has 14 heavy (non-hydrogen) atoms. The Hall–Kier alpha value is -0.970. The highest BCUT2D eigenvalue weighted by Gasteiger charge is 2.18. The molecule has 5 nitrogen and oxygen atoms in total. The highest BCUT2D eigenvalue weighted by molar-refractivity contribution is 5.85. The van der Waals surface area contributed by atoms with E-state index in [9.17, 15) is 9.59 Å². The number of ether oxygens (including phenoxy) is 1. The van der Waals surface area contributed by atoms with E-state index in [-0.39, 0.29) is 19.0 Å². The minimum atomic E-state index is -1.03. The van der Waals surface area contributed by atoms with Gasteiger partial charge in [0.25, 0.3) is 0 Å². The smallest absolute Gasteiger partial charge is 0.407 e. The molecule has 0 saturated carbocycles. The predicted octanol–water partition coefficient (Wildman–Crippen LogP) is 1.41. The number of hydrogen-bond acceptors (Lipinski definition) is 3. The molecule has 0 radical (unpaired) electrons. The average Bonchev–Trinajstić information content (AvgIpc) is 2.04. The molecule has 0 aromatic heterocycles. The Labute approximate surface area is 89.2 Å². The van der Waals surface area contributed by atoms with E-state index in [1.165, 1.54) is 0 Å². The first-order valence-electron chi connectivity index (χ1n) is 4.27. The molecule has 1 amide bonds. The van der Waals surface area contributed by atoms with E-state index in [4.69, 9.17) is 5.11 Å². The predicted molar refractivity (Wildman–Crippen MR) is 53.7 cm³/mol. The van der Waals surface area contributed by atoms with E-state index in [0.717, 1.165) is 0 Å². The summed E-state index contributed by atoms with van der Waals surface area (Å²) in [5.41, 5.74) is 0. The molecule has 0 spiro atoms. The molecular weight excluding hydrogens is 210 g/mol. The third kappa shape index (κ3) is 6.54. The van der Waals surface area contributed by atoms with Gasteiger partial charge in [-0.3, -0.25) is 0 Å². The summed E-state index contributed by atoms with van der Waals surface area (Å²) in [7, 11) is 0. The van der Waals surface area contributed by atoms with Crippen molar-refractivity contribution < 1.29 is 19.4 Å². The molecule has 0 rings (SSSR count). The van der Waals surface area contributed by atoms with E-state index in [2.05, 4.69) is 10.1 Å². The van der Waals surface area contributed by atoms with Gasteiger partial charge in [-0.2, -0.15) is 0 Å². The third-order valence-electron chi connectivity index (χ3n) is 1.44. The molecule has 0 heterocycles. The Kier molecular flexibility index (Phi) is 9.54. The first kappa shape index (κ1) is 15.5. The molecule has 0 aliphatic rings.